The van der Waals surface area contributed by atoms with Crippen LogP contribution in [0.25, 0.3) is 0 Å². The summed E-state index contributed by atoms with van der Waals surface area (Å²) in [6.07, 6.45) is 6.26. The van der Waals surface area contributed by atoms with Crippen LogP contribution in [0.15, 0.2) is 0 Å². The molecular weight excluding hydrogens is 216 g/mol. The monoisotopic (exact) mass is 238 g/mol. The first-order chi connectivity index (χ1) is 8.22. The molecule has 0 radical (unpaired) electrons. The number of ether oxygens (including phenoxy) is 1. The Balaban J connectivity index is 1.49. The molecule has 0 aromatic rings. The second-order valence-electron chi connectivity index (χ2n) is 5.93. The fourth-order valence-electron chi connectivity index (χ4n) is 3.86. The highest BCUT2D eigenvalue weighted by atomic mass is 16.5. The van der Waals surface area contributed by atoms with E-state index in [-0.39, 0.29) is 12.0 Å². The molecule has 2 saturated carbocycles. The topological polar surface area (TPSA) is 64.3 Å². The number of fused-ring (bicyclic) bond motifs is 1. The summed E-state index contributed by atoms with van der Waals surface area (Å²) < 4.78 is 5.40. The molecular formula is C13H22N2O2. The minimum atomic E-state index is -0.183. The Labute approximate surface area is 102 Å². The van der Waals surface area contributed by atoms with Gasteiger partial charge in [0, 0.05) is 18.7 Å². The Bertz CT molecular complexity index is 288. The van der Waals surface area contributed by atoms with Crippen LogP contribution in [-0.4, -0.2) is 30.7 Å². The zero-order valence-corrected chi connectivity index (χ0v) is 10.2. The third-order valence-corrected chi connectivity index (χ3v) is 4.62. The summed E-state index contributed by atoms with van der Waals surface area (Å²) in [4.78, 5) is 11.9. The minimum Gasteiger partial charge on any atom is -0.368 e. The predicted octanol–water partition coefficient (Wildman–Crippen LogP) is 0.797. The van der Waals surface area contributed by atoms with Crippen LogP contribution >= 0.6 is 0 Å². The molecule has 2 aliphatic carbocycles. The van der Waals surface area contributed by atoms with Crippen molar-refractivity contribution in [3.63, 3.8) is 0 Å². The number of hydrogen-bond donors (Lipinski definition) is 2. The Morgan fingerprint density at radius 1 is 1.18 bits per heavy atom. The Morgan fingerprint density at radius 3 is 2.47 bits per heavy atom. The summed E-state index contributed by atoms with van der Waals surface area (Å²) in [5.74, 6) is 1.61. The SMILES string of the molecule is NC1CC2CC(NC(=O)C3CCCO3)CC2C1. The van der Waals surface area contributed by atoms with Crippen molar-refractivity contribution in [1.82, 2.24) is 5.32 Å². The smallest absolute Gasteiger partial charge is 0.249 e. The quantitative estimate of drug-likeness (QED) is 0.748. The lowest BCUT2D eigenvalue weighted by atomic mass is 10.0. The van der Waals surface area contributed by atoms with Gasteiger partial charge in [-0.1, -0.05) is 0 Å². The van der Waals surface area contributed by atoms with Gasteiger partial charge in [-0.25, -0.2) is 0 Å². The van der Waals surface area contributed by atoms with Crippen LogP contribution in [0.3, 0.4) is 0 Å². The second-order valence-corrected chi connectivity index (χ2v) is 5.93. The van der Waals surface area contributed by atoms with Gasteiger partial charge in [-0.3, -0.25) is 4.79 Å². The van der Waals surface area contributed by atoms with E-state index in [2.05, 4.69) is 5.32 Å². The molecule has 3 N–H and O–H groups in total. The average Bonchev–Trinajstić information content (AvgIpc) is 2.91. The van der Waals surface area contributed by atoms with Crippen molar-refractivity contribution in [2.75, 3.05) is 6.61 Å². The van der Waals surface area contributed by atoms with E-state index in [1.807, 2.05) is 0 Å². The van der Waals surface area contributed by atoms with E-state index >= 15 is 0 Å². The van der Waals surface area contributed by atoms with Gasteiger partial charge in [-0.05, 0) is 50.4 Å². The maximum Gasteiger partial charge on any atom is 0.249 e. The third-order valence-electron chi connectivity index (χ3n) is 4.62. The highest BCUT2D eigenvalue weighted by Crippen LogP contribution is 2.43. The average molecular weight is 238 g/mol. The van der Waals surface area contributed by atoms with Gasteiger partial charge in [-0.15, -0.1) is 0 Å². The molecule has 1 aliphatic heterocycles. The lowest BCUT2D eigenvalue weighted by Gasteiger charge is -2.17. The lowest BCUT2D eigenvalue weighted by Crippen LogP contribution is -2.40. The van der Waals surface area contributed by atoms with Crippen LogP contribution in [0.2, 0.25) is 0 Å². The largest absolute Gasteiger partial charge is 0.368 e. The molecule has 1 saturated heterocycles. The molecule has 0 bridgehead atoms. The van der Waals surface area contributed by atoms with Gasteiger partial charge >= 0.3 is 0 Å². The molecule has 0 aromatic carbocycles. The van der Waals surface area contributed by atoms with Crippen LogP contribution in [0, 0.1) is 11.8 Å². The maximum atomic E-state index is 11.9. The van der Waals surface area contributed by atoms with Crippen molar-refractivity contribution < 1.29 is 9.53 Å². The molecule has 3 rings (SSSR count). The predicted molar refractivity (Wildman–Crippen MR) is 64.3 cm³/mol. The molecule has 3 unspecified atom stereocenters. The summed E-state index contributed by atoms with van der Waals surface area (Å²) in [7, 11) is 0. The van der Waals surface area contributed by atoms with Crippen LogP contribution < -0.4 is 11.1 Å². The number of hydrogen-bond acceptors (Lipinski definition) is 3. The molecule has 17 heavy (non-hydrogen) atoms. The number of nitrogens with one attached hydrogen (secondary N) is 1. The molecule has 4 nitrogen and oxygen atoms in total. The van der Waals surface area contributed by atoms with Crippen molar-refractivity contribution >= 4 is 5.91 Å². The van der Waals surface area contributed by atoms with Gasteiger partial charge in [0.15, 0.2) is 0 Å². The summed E-state index contributed by atoms with van der Waals surface area (Å²) in [6.45, 7) is 0.739. The normalized spacial score (nSPS) is 44.9. The van der Waals surface area contributed by atoms with Gasteiger partial charge in [0.1, 0.15) is 6.10 Å². The van der Waals surface area contributed by atoms with E-state index in [1.54, 1.807) is 0 Å². The fourth-order valence-corrected chi connectivity index (χ4v) is 3.86. The molecule has 3 aliphatic rings. The molecule has 0 spiro atoms. The van der Waals surface area contributed by atoms with Crippen molar-refractivity contribution in [1.29, 1.82) is 0 Å². The molecule has 0 aromatic heterocycles. The summed E-state index contributed by atoms with van der Waals surface area (Å²) in [6, 6.07) is 0.772. The van der Waals surface area contributed by atoms with Crippen molar-refractivity contribution in [3.8, 4) is 0 Å². The number of carbonyl (C=O) groups is 1. The Hall–Kier alpha value is -0.610. The van der Waals surface area contributed by atoms with E-state index in [9.17, 15) is 4.79 Å². The third kappa shape index (κ3) is 2.33. The molecule has 4 heteroatoms. The van der Waals surface area contributed by atoms with Crippen molar-refractivity contribution in [2.45, 2.75) is 56.7 Å². The fraction of sp³-hybridized carbons (Fsp3) is 0.923. The number of rotatable bonds is 2. The van der Waals surface area contributed by atoms with Gasteiger partial charge < -0.3 is 15.8 Å². The number of carbonyl (C=O) groups excluding carboxylic acids is 1. The standard InChI is InChI=1S/C13H22N2O2/c14-10-4-8-6-11(7-9(8)5-10)15-13(16)12-2-1-3-17-12/h8-12H,1-7,14H2,(H,15,16). The molecule has 96 valence electrons. The van der Waals surface area contributed by atoms with Crippen molar-refractivity contribution in [3.05, 3.63) is 0 Å². The minimum absolute atomic E-state index is 0.108. The first kappa shape index (κ1) is 11.5. The maximum absolute atomic E-state index is 11.9. The number of nitrogens with two attached hydrogens (primary N) is 1. The van der Waals surface area contributed by atoms with E-state index in [0.717, 1.165) is 57.0 Å². The molecule has 3 atom stereocenters. The van der Waals surface area contributed by atoms with Gasteiger partial charge in [-0.2, -0.15) is 0 Å². The van der Waals surface area contributed by atoms with Gasteiger partial charge in [0.25, 0.3) is 0 Å². The van der Waals surface area contributed by atoms with Crippen LogP contribution in [-0.2, 0) is 9.53 Å². The Kier molecular flexibility index (Phi) is 3.09. The Morgan fingerprint density at radius 2 is 1.88 bits per heavy atom. The van der Waals surface area contributed by atoms with Crippen molar-refractivity contribution in [2.24, 2.45) is 17.6 Å². The molecule has 3 fully saturated rings. The first-order valence-electron chi connectivity index (χ1n) is 6.90. The summed E-state index contributed by atoms with van der Waals surface area (Å²) in [5, 5.41) is 3.16. The van der Waals surface area contributed by atoms with E-state index < -0.39 is 0 Å². The zero-order chi connectivity index (χ0) is 11.8. The van der Waals surface area contributed by atoms with Crippen LogP contribution in [0.4, 0.5) is 0 Å². The lowest BCUT2D eigenvalue weighted by molar-refractivity contribution is -0.130. The second kappa shape index (κ2) is 4.58. The van der Waals surface area contributed by atoms with Gasteiger partial charge in [0.05, 0.1) is 0 Å². The van der Waals surface area contributed by atoms with E-state index in [4.69, 9.17) is 10.5 Å². The highest BCUT2D eigenvalue weighted by molar-refractivity contribution is 5.81. The molecule has 1 heterocycles. The highest BCUT2D eigenvalue weighted by Gasteiger charge is 2.41. The van der Waals surface area contributed by atoms with E-state index in [0.29, 0.717) is 12.1 Å². The van der Waals surface area contributed by atoms with Crippen LogP contribution in [0.1, 0.15) is 38.5 Å². The van der Waals surface area contributed by atoms with Crippen LogP contribution in [0.5, 0.6) is 0 Å². The van der Waals surface area contributed by atoms with Gasteiger partial charge in [0.2, 0.25) is 5.91 Å². The summed E-state index contributed by atoms with van der Waals surface area (Å²) in [5.41, 5.74) is 5.96. The van der Waals surface area contributed by atoms with E-state index in [1.165, 1.54) is 0 Å². The number of amides is 1. The first-order valence-corrected chi connectivity index (χ1v) is 6.90. The molecule has 1 amide bonds. The zero-order valence-electron chi connectivity index (χ0n) is 10.2. The summed E-state index contributed by atoms with van der Waals surface area (Å²) >= 11 is 0.